The molecule has 0 saturated carbocycles. The molecule has 0 radical (unpaired) electrons. The molecule has 0 aromatic carbocycles. The van der Waals surface area contributed by atoms with Gasteiger partial charge in [-0.05, 0) is 43.9 Å². The van der Waals surface area contributed by atoms with Gasteiger partial charge in [-0.15, -0.1) is 0 Å². The Bertz CT molecular complexity index is 252. The van der Waals surface area contributed by atoms with Crippen molar-refractivity contribution in [3.63, 3.8) is 0 Å². The van der Waals surface area contributed by atoms with Crippen molar-refractivity contribution >= 4 is 0 Å². The molecule has 2 rings (SSSR count). The molecule has 1 aromatic heterocycles. The third-order valence-corrected chi connectivity index (χ3v) is 2.92. The van der Waals surface area contributed by atoms with Gasteiger partial charge in [0.15, 0.2) is 0 Å². The largest absolute Gasteiger partial charge is 0.314 e. The van der Waals surface area contributed by atoms with Gasteiger partial charge in [-0.1, -0.05) is 12.5 Å². The molecule has 0 aliphatic carbocycles. The Labute approximate surface area is 85.7 Å². The van der Waals surface area contributed by atoms with Crippen LogP contribution in [0.4, 0.5) is 0 Å². The molecular weight excluding hydrogens is 172 g/mol. The average molecular weight is 190 g/mol. The molecule has 2 heteroatoms. The summed E-state index contributed by atoms with van der Waals surface area (Å²) in [7, 11) is 0. The fourth-order valence-electron chi connectivity index (χ4n) is 2.06. The van der Waals surface area contributed by atoms with Crippen LogP contribution in [-0.4, -0.2) is 17.6 Å². The first-order chi connectivity index (χ1) is 6.95. The van der Waals surface area contributed by atoms with Crippen molar-refractivity contribution in [2.24, 2.45) is 0 Å². The summed E-state index contributed by atoms with van der Waals surface area (Å²) in [6, 6.07) is 4.92. The Morgan fingerprint density at radius 2 is 2.43 bits per heavy atom. The van der Waals surface area contributed by atoms with Gasteiger partial charge in [0.2, 0.25) is 0 Å². The number of nitrogens with zero attached hydrogens (tertiary/aromatic N) is 1. The van der Waals surface area contributed by atoms with E-state index in [0.29, 0.717) is 0 Å². The number of nitrogens with one attached hydrogen (secondary N) is 1. The number of aryl methyl sites for hydroxylation is 1. The van der Waals surface area contributed by atoms with Crippen LogP contribution in [0.5, 0.6) is 0 Å². The SMILES string of the molecule is c1cncc(CCC2CCCCN2)c1. The first-order valence-electron chi connectivity index (χ1n) is 5.57. The number of aromatic nitrogens is 1. The lowest BCUT2D eigenvalue weighted by Gasteiger charge is -2.23. The summed E-state index contributed by atoms with van der Waals surface area (Å²) < 4.78 is 0. The zero-order chi connectivity index (χ0) is 9.64. The van der Waals surface area contributed by atoms with E-state index in [4.69, 9.17) is 0 Å². The normalized spacial score (nSPS) is 22.1. The second kappa shape index (κ2) is 5.11. The van der Waals surface area contributed by atoms with Crippen LogP contribution in [0, 0.1) is 0 Å². The van der Waals surface area contributed by atoms with Crippen molar-refractivity contribution in [2.45, 2.75) is 38.1 Å². The van der Waals surface area contributed by atoms with Crippen molar-refractivity contribution in [3.8, 4) is 0 Å². The van der Waals surface area contributed by atoms with E-state index in [1.54, 1.807) is 0 Å². The highest BCUT2D eigenvalue weighted by Crippen LogP contribution is 2.12. The molecule has 1 aliphatic rings. The van der Waals surface area contributed by atoms with Crippen LogP contribution in [0.25, 0.3) is 0 Å². The van der Waals surface area contributed by atoms with Crippen molar-refractivity contribution in [1.82, 2.24) is 10.3 Å². The third-order valence-electron chi connectivity index (χ3n) is 2.92. The van der Waals surface area contributed by atoms with Crippen LogP contribution >= 0.6 is 0 Å². The molecule has 2 nitrogen and oxygen atoms in total. The highest BCUT2D eigenvalue weighted by Gasteiger charge is 2.11. The summed E-state index contributed by atoms with van der Waals surface area (Å²) >= 11 is 0. The van der Waals surface area contributed by atoms with Gasteiger partial charge in [0, 0.05) is 18.4 Å². The monoisotopic (exact) mass is 190 g/mol. The quantitative estimate of drug-likeness (QED) is 0.790. The summed E-state index contributed by atoms with van der Waals surface area (Å²) in [6.07, 6.45) is 10.3. The number of rotatable bonds is 3. The van der Waals surface area contributed by atoms with Crippen LogP contribution in [0.2, 0.25) is 0 Å². The highest BCUT2D eigenvalue weighted by atomic mass is 14.9. The number of hydrogen-bond donors (Lipinski definition) is 1. The van der Waals surface area contributed by atoms with E-state index in [0.717, 1.165) is 12.5 Å². The lowest BCUT2D eigenvalue weighted by molar-refractivity contribution is 0.383. The smallest absolute Gasteiger partial charge is 0.0299 e. The van der Waals surface area contributed by atoms with Gasteiger partial charge in [-0.3, -0.25) is 4.98 Å². The predicted molar refractivity (Wildman–Crippen MR) is 58.2 cm³/mol. The molecule has 1 fully saturated rings. The van der Waals surface area contributed by atoms with E-state index in [1.807, 2.05) is 18.5 Å². The number of pyridine rings is 1. The maximum Gasteiger partial charge on any atom is 0.0299 e. The Balaban J connectivity index is 1.76. The van der Waals surface area contributed by atoms with Crippen molar-refractivity contribution in [1.29, 1.82) is 0 Å². The molecule has 1 unspecified atom stereocenters. The maximum absolute atomic E-state index is 4.13. The minimum atomic E-state index is 0.740. The second-order valence-electron chi connectivity index (χ2n) is 4.05. The summed E-state index contributed by atoms with van der Waals surface area (Å²) in [4.78, 5) is 4.13. The van der Waals surface area contributed by atoms with Crippen molar-refractivity contribution < 1.29 is 0 Å². The molecule has 76 valence electrons. The third kappa shape index (κ3) is 2.81. The van der Waals surface area contributed by atoms with Crippen LogP contribution in [0.15, 0.2) is 24.5 Å². The standard InChI is InChI=1S/C12H18N2/c1-2-9-14-12(5-1)7-6-11-4-3-8-13-10-11/h3-4,8,10,12,14H,1-2,5-7,9H2. The van der Waals surface area contributed by atoms with Gasteiger partial charge in [0.1, 0.15) is 0 Å². The zero-order valence-corrected chi connectivity index (χ0v) is 8.58. The van der Waals surface area contributed by atoms with Crippen LogP contribution in [-0.2, 0) is 6.42 Å². The molecule has 14 heavy (non-hydrogen) atoms. The van der Waals surface area contributed by atoms with Gasteiger partial charge >= 0.3 is 0 Å². The van der Waals surface area contributed by atoms with Crippen LogP contribution in [0.3, 0.4) is 0 Å². The fraction of sp³-hybridized carbons (Fsp3) is 0.583. The van der Waals surface area contributed by atoms with Crippen LogP contribution < -0.4 is 5.32 Å². The van der Waals surface area contributed by atoms with Gasteiger partial charge in [-0.2, -0.15) is 0 Å². The van der Waals surface area contributed by atoms with Crippen molar-refractivity contribution in [2.75, 3.05) is 6.54 Å². The molecule has 0 spiro atoms. The van der Waals surface area contributed by atoms with Gasteiger partial charge in [-0.25, -0.2) is 0 Å². The van der Waals surface area contributed by atoms with Gasteiger partial charge in [0.05, 0.1) is 0 Å². The number of hydrogen-bond acceptors (Lipinski definition) is 2. The minimum absolute atomic E-state index is 0.740. The summed E-state index contributed by atoms with van der Waals surface area (Å²) in [6.45, 7) is 1.21. The Hall–Kier alpha value is -0.890. The molecule has 2 heterocycles. The molecule has 1 aromatic rings. The number of piperidine rings is 1. The summed E-state index contributed by atoms with van der Waals surface area (Å²) in [5, 5.41) is 3.57. The Kier molecular flexibility index (Phi) is 3.52. The van der Waals surface area contributed by atoms with Gasteiger partial charge in [0.25, 0.3) is 0 Å². The van der Waals surface area contributed by atoms with E-state index in [-0.39, 0.29) is 0 Å². The molecule has 1 N–H and O–H groups in total. The minimum Gasteiger partial charge on any atom is -0.314 e. The molecule has 1 saturated heterocycles. The van der Waals surface area contributed by atoms with E-state index in [2.05, 4.69) is 16.4 Å². The Morgan fingerprint density at radius 1 is 1.43 bits per heavy atom. The highest BCUT2D eigenvalue weighted by molar-refractivity contribution is 5.08. The fourth-order valence-corrected chi connectivity index (χ4v) is 2.06. The van der Waals surface area contributed by atoms with Crippen LogP contribution in [0.1, 0.15) is 31.2 Å². The summed E-state index contributed by atoms with van der Waals surface area (Å²) in [5.74, 6) is 0. The van der Waals surface area contributed by atoms with Crippen molar-refractivity contribution in [3.05, 3.63) is 30.1 Å². The molecular formula is C12H18N2. The first-order valence-corrected chi connectivity index (χ1v) is 5.57. The molecule has 1 aliphatic heterocycles. The van der Waals surface area contributed by atoms with E-state index in [1.165, 1.54) is 37.8 Å². The zero-order valence-electron chi connectivity index (χ0n) is 8.58. The lowest BCUT2D eigenvalue weighted by atomic mass is 9.99. The van der Waals surface area contributed by atoms with Gasteiger partial charge < -0.3 is 5.32 Å². The van der Waals surface area contributed by atoms with E-state index in [9.17, 15) is 0 Å². The first kappa shape index (κ1) is 9.66. The molecule has 0 bridgehead atoms. The maximum atomic E-state index is 4.13. The van der Waals surface area contributed by atoms with E-state index < -0.39 is 0 Å². The average Bonchev–Trinajstić information content (AvgIpc) is 2.29. The van der Waals surface area contributed by atoms with E-state index >= 15 is 0 Å². The Morgan fingerprint density at radius 3 is 3.14 bits per heavy atom. The summed E-state index contributed by atoms with van der Waals surface area (Å²) in [5.41, 5.74) is 1.36. The molecule has 1 atom stereocenters. The second-order valence-corrected chi connectivity index (χ2v) is 4.05. The lowest BCUT2D eigenvalue weighted by Crippen LogP contribution is -2.34. The topological polar surface area (TPSA) is 24.9 Å². The molecule has 0 amide bonds. The predicted octanol–water partition coefficient (Wildman–Crippen LogP) is 2.16.